The molecule has 7 nitrogen and oxygen atoms in total. The molecular weight excluding hydrogens is 294 g/mol. The van der Waals surface area contributed by atoms with Crippen LogP contribution in [0, 0.1) is 0 Å². The monoisotopic (exact) mass is 323 g/mol. The van der Waals surface area contributed by atoms with Gasteiger partial charge in [-0.15, -0.1) is 0 Å². The molecule has 0 saturated carbocycles. The first-order valence-corrected chi connectivity index (χ1v) is 8.42. The highest BCUT2D eigenvalue weighted by Gasteiger charge is 2.17. The molecule has 2 heterocycles. The molecule has 0 spiro atoms. The van der Waals surface area contributed by atoms with Gasteiger partial charge < -0.3 is 20.3 Å². The van der Waals surface area contributed by atoms with Crippen LogP contribution in [0.4, 0.5) is 0 Å². The number of carbonyl (C=O) groups is 1. The van der Waals surface area contributed by atoms with Gasteiger partial charge in [-0.25, -0.2) is 0 Å². The fourth-order valence-electron chi connectivity index (χ4n) is 2.76. The van der Waals surface area contributed by atoms with Crippen LogP contribution < -0.4 is 10.6 Å². The largest absolute Gasteiger partial charge is 0.385 e. The van der Waals surface area contributed by atoms with Gasteiger partial charge in [-0.3, -0.25) is 9.48 Å². The number of rotatable bonds is 9. The Morgan fingerprint density at radius 3 is 3.17 bits per heavy atom. The van der Waals surface area contributed by atoms with Gasteiger partial charge in [-0.1, -0.05) is 0 Å². The van der Waals surface area contributed by atoms with Crippen LogP contribution in [0.15, 0.2) is 12.3 Å². The molecule has 1 aromatic rings. The van der Waals surface area contributed by atoms with E-state index >= 15 is 0 Å². The minimum Gasteiger partial charge on any atom is -0.385 e. The second-order valence-corrected chi connectivity index (χ2v) is 6.09. The minimum atomic E-state index is -0.0992. The van der Waals surface area contributed by atoms with Crippen molar-refractivity contribution in [3.8, 4) is 0 Å². The van der Waals surface area contributed by atoms with Gasteiger partial charge in [0.2, 0.25) is 0 Å². The maximum Gasteiger partial charge on any atom is 0.271 e. The van der Waals surface area contributed by atoms with Crippen LogP contribution in [-0.4, -0.2) is 74.1 Å². The van der Waals surface area contributed by atoms with Crippen LogP contribution in [-0.2, 0) is 4.74 Å². The van der Waals surface area contributed by atoms with Crippen molar-refractivity contribution < 1.29 is 9.53 Å². The molecule has 0 aliphatic carbocycles. The Kier molecular flexibility index (Phi) is 7.51. The highest BCUT2D eigenvalue weighted by atomic mass is 16.5. The van der Waals surface area contributed by atoms with Crippen molar-refractivity contribution in [3.05, 3.63) is 18.0 Å². The summed E-state index contributed by atoms with van der Waals surface area (Å²) in [5, 5.41) is 10.7. The number of likely N-dealkylation sites (N-methyl/N-ethyl adjacent to an activating group) is 1. The Morgan fingerprint density at radius 2 is 2.43 bits per heavy atom. The number of piperidine rings is 1. The molecular formula is C16H29N5O2. The average molecular weight is 323 g/mol. The molecule has 0 radical (unpaired) electrons. The SMILES string of the molecule is COCCCN(C)CCNC(=O)c1ccn(C2CCCNC2)n1. The third-order valence-electron chi connectivity index (χ3n) is 4.15. The van der Waals surface area contributed by atoms with E-state index in [4.69, 9.17) is 4.74 Å². The maximum atomic E-state index is 12.1. The Hall–Kier alpha value is -1.44. The molecule has 1 aromatic heterocycles. The maximum absolute atomic E-state index is 12.1. The number of amides is 1. The fraction of sp³-hybridized carbons (Fsp3) is 0.750. The van der Waals surface area contributed by atoms with Crippen LogP contribution >= 0.6 is 0 Å². The Balaban J connectivity index is 1.70. The molecule has 1 atom stereocenters. The van der Waals surface area contributed by atoms with Crippen molar-refractivity contribution >= 4 is 5.91 Å². The zero-order chi connectivity index (χ0) is 16.5. The second kappa shape index (κ2) is 9.64. The number of methoxy groups -OCH3 is 1. The minimum absolute atomic E-state index is 0.0992. The molecule has 1 aliphatic rings. The lowest BCUT2D eigenvalue weighted by Gasteiger charge is -2.22. The first-order chi connectivity index (χ1) is 11.2. The summed E-state index contributed by atoms with van der Waals surface area (Å²) in [6.07, 6.45) is 5.17. The predicted octanol–water partition coefficient (Wildman–Crippen LogP) is 0.506. The Labute approximate surface area is 138 Å². The van der Waals surface area contributed by atoms with Gasteiger partial charge in [0.15, 0.2) is 0 Å². The molecule has 130 valence electrons. The second-order valence-electron chi connectivity index (χ2n) is 6.09. The van der Waals surface area contributed by atoms with Crippen LogP contribution in [0.5, 0.6) is 0 Å². The topological polar surface area (TPSA) is 71.4 Å². The lowest BCUT2D eigenvalue weighted by atomic mass is 10.1. The summed E-state index contributed by atoms with van der Waals surface area (Å²) in [4.78, 5) is 14.3. The van der Waals surface area contributed by atoms with Crippen molar-refractivity contribution in [2.45, 2.75) is 25.3 Å². The van der Waals surface area contributed by atoms with Gasteiger partial charge >= 0.3 is 0 Å². The van der Waals surface area contributed by atoms with Crippen molar-refractivity contribution in [1.82, 2.24) is 25.3 Å². The standard InChI is InChI=1S/C16H29N5O2/c1-20(9-4-12-23-2)11-8-18-16(22)15-6-10-21(19-15)14-5-3-7-17-13-14/h6,10,14,17H,3-5,7-9,11-13H2,1-2H3,(H,18,22). The highest BCUT2D eigenvalue weighted by Crippen LogP contribution is 2.15. The molecule has 1 saturated heterocycles. The molecule has 23 heavy (non-hydrogen) atoms. The van der Waals surface area contributed by atoms with Crippen LogP contribution in [0.1, 0.15) is 35.8 Å². The molecule has 0 aromatic carbocycles. The van der Waals surface area contributed by atoms with E-state index in [-0.39, 0.29) is 5.91 Å². The summed E-state index contributed by atoms with van der Waals surface area (Å²) in [5.41, 5.74) is 0.498. The van der Waals surface area contributed by atoms with Gasteiger partial charge in [0.1, 0.15) is 5.69 Å². The number of nitrogens with one attached hydrogen (secondary N) is 2. The lowest BCUT2D eigenvalue weighted by Crippen LogP contribution is -2.34. The van der Waals surface area contributed by atoms with E-state index in [0.29, 0.717) is 18.3 Å². The van der Waals surface area contributed by atoms with E-state index in [2.05, 4.69) is 20.6 Å². The van der Waals surface area contributed by atoms with Crippen molar-refractivity contribution in [2.24, 2.45) is 0 Å². The van der Waals surface area contributed by atoms with Gasteiger partial charge in [-0.2, -0.15) is 5.10 Å². The normalized spacial score (nSPS) is 18.3. The molecule has 1 fully saturated rings. The molecule has 0 bridgehead atoms. The third kappa shape index (κ3) is 5.93. The number of nitrogens with zero attached hydrogens (tertiary/aromatic N) is 3. The van der Waals surface area contributed by atoms with E-state index in [1.807, 2.05) is 17.9 Å². The van der Waals surface area contributed by atoms with Crippen LogP contribution in [0.25, 0.3) is 0 Å². The number of carbonyl (C=O) groups excluding carboxylic acids is 1. The molecule has 2 rings (SSSR count). The van der Waals surface area contributed by atoms with E-state index in [0.717, 1.165) is 52.0 Å². The molecule has 2 N–H and O–H groups in total. The average Bonchev–Trinajstić information content (AvgIpc) is 3.06. The molecule has 1 amide bonds. The Morgan fingerprint density at radius 1 is 1.57 bits per heavy atom. The van der Waals surface area contributed by atoms with Gasteiger partial charge in [0.25, 0.3) is 5.91 Å². The van der Waals surface area contributed by atoms with Crippen LogP contribution in [0.2, 0.25) is 0 Å². The number of hydrogen-bond donors (Lipinski definition) is 2. The third-order valence-corrected chi connectivity index (χ3v) is 4.15. The van der Waals surface area contributed by atoms with Crippen molar-refractivity contribution in [2.75, 3.05) is 53.5 Å². The van der Waals surface area contributed by atoms with Gasteiger partial charge in [0, 0.05) is 46.1 Å². The predicted molar refractivity (Wildman–Crippen MR) is 89.7 cm³/mol. The summed E-state index contributed by atoms with van der Waals surface area (Å²) in [6.45, 7) is 5.18. The molecule has 7 heteroatoms. The first kappa shape index (κ1) is 17.9. The molecule has 1 aliphatic heterocycles. The zero-order valence-electron chi connectivity index (χ0n) is 14.3. The zero-order valence-corrected chi connectivity index (χ0v) is 14.3. The molecule has 1 unspecified atom stereocenters. The van der Waals surface area contributed by atoms with E-state index in [1.165, 1.54) is 0 Å². The fourth-order valence-corrected chi connectivity index (χ4v) is 2.76. The van der Waals surface area contributed by atoms with E-state index in [1.54, 1.807) is 13.2 Å². The summed E-state index contributed by atoms with van der Waals surface area (Å²) in [5.74, 6) is -0.0992. The van der Waals surface area contributed by atoms with Gasteiger partial charge in [0.05, 0.1) is 6.04 Å². The number of hydrogen-bond acceptors (Lipinski definition) is 5. The van der Waals surface area contributed by atoms with Crippen molar-refractivity contribution in [1.29, 1.82) is 0 Å². The number of aromatic nitrogens is 2. The van der Waals surface area contributed by atoms with Crippen molar-refractivity contribution in [3.63, 3.8) is 0 Å². The van der Waals surface area contributed by atoms with E-state index < -0.39 is 0 Å². The van der Waals surface area contributed by atoms with Crippen LogP contribution in [0.3, 0.4) is 0 Å². The Bertz CT molecular complexity index is 471. The highest BCUT2D eigenvalue weighted by molar-refractivity contribution is 5.92. The van der Waals surface area contributed by atoms with Gasteiger partial charge in [-0.05, 0) is 38.9 Å². The summed E-state index contributed by atoms with van der Waals surface area (Å²) in [7, 11) is 3.76. The first-order valence-electron chi connectivity index (χ1n) is 8.42. The van der Waals surface area contributed by atoms with E-state index in [9.17, 15) is 4.79 Å². The quantitative estimate of drug-likeness (QED) is 0.648. The smallest absolute Gasteiger partial charge is 0.271 e. The summed E-state index contributed by atoms with van der Waals surface area (Å²) < 4.78 is 6.95. The summed E-state index contributed by atoms with van der Waals surface area (Å²) >= 11 is 0. The lowest BCUT2D eigenvalue weighted by molar-refractivity contribution is 0.0942. The summed E-state index contributed by atoms with van der Waals surface area (Å²) in [6, 6.07) is 2.16. The number of ether oxygens (including phenoxy) is 1.